The highest BCUT2D eigenvalue weighted by Crippen LogP contribution is 2.23. The molecule has 0 fully saturated rings. The van der Waals surface area contributed by atoms with Crippen molar-refractivity contribution in [3.05, 3.63) is 33.9 Å². The molecule has 1 amide bonds. The number of rotatable bonds is 7. The largest absolute Gasteiger partial charge is 0.385 e. The molecule has 0 saturated carbocycles. The van der Waals surface area contributed by atoms with Gasteiger partial charge in [0.15, 0.2) is 0 Å². The zero-order valence-electron chi connectivity index (χ0n) is 13.0. The first-order valence-corrected chi connectivity index (χ1v) is 7.11. The highest BCUT2D eigenvalue weighted by atomic mass is 16.6. The van der Waals surface area contributed by atoms with Gasteiger partial charge in [0.25, 0.3) is 11.6 Å². The summed E-state index contributed by atoms with van der Waals surface area (Å²) in [6.45, 7) is 9.25. The van der Waals surface area contributed by atoms with E-state index in [-0.39, 0.29) is 17.0 Å². The first-order chi connectivity index (χ1) is 9.80. The molecule has 0 aliphatic rings. The first kappa shape index (κ1) is 16.9. The van der Waals surface area contributed by atoms with E-state index in [1.54, 1.807) is 6.07 Å². The molecule has 0 heterocycles. The third-order valence-corrected chi connectivity index (χ3v) is 3.51. The smallest absolute Gasteiger partial charge is 0.270 e. The van der Waals surface area contributed by atoms with Crippen molar-refractivity contribution in [2.45, 2.75) is 34.1 Å². The topological polar surface area (TPSA) is 84.3 Å². The highest BCUT2D eigenvalue weighted by molar-refractivity contribution is 6.00. The number of nitro benzene ring substituents is 1. The third kappa shape index (κ3) is 4.73. The molecular weight excluding hydrogens is 270 g/mol. The average Bonchev–Trinajstić information content (AvgIpc) is 2.45. The molecule has 0 unspecified atom stereocenters. The van der Waals surface area contributed by atoms with Crippen molar-refractivity contribution in [2.24, 2.45) is 5.41 Å². The molecule has 6 nitrogen and oxygen atoms in total. The number of non-ortho nitro benzene ring substituents is 1. The van der Waals surface area contributed by atoms with E-state index in [9.17, 15) is 14.9 Å². The Labute approximate surface area is 125 Å². The normalized spacial score (nSPS) is 11.0. The van der Waals surface area contributed by atoms with Crippen molar-refractivity contribution in [2.75, 3.05) is 18.4 Å². The zero-order valence-corrected chi connectivity index (χ0v) is 13.0. The number of benzene rings is 1. The van der Waals surface area contributed by atoms with Gasteiger partial charge in [-0.1, -0.05) is 20.8 Å². The van der Waals surface area contributed by atoms with Crippen molar-refractivity contribution in [3.63, 3.8) is 0 Å². The maximum absolute atomic E-state index is 12.3. The molecule has 0 aliphatic carbocycles. The maximum atomic E-state index is 12.3. The Morgan fingerprint density at radius 2 is 2.00 bits per heavy atom. The number of hydrogen-bond acceptors (Lipinski definition) is 4. The molecule has 0 atom stereocenters. The molecule has 0 spiro atoms. The van der Waals surface area contributed by atoms with Crippen LogP contribution in [0.25, 0.3) is 0 Å². The van der Waals surface area contributed by atoms with Crippen LogP contribution in [-0.2, 0) is 0 Å². The minimum Gasteiger partial charge on any atom is -0.385 e. The van der Waals surface area contributed by atoms with E-state index < -0.39 is 4.92 Å². The lowest BCUT2D eigenvalue weighted by Gasteiger charge is -2.23. The summed E-state index contributed by atoms with van der Waals surface area (Å²) in [6, 6.07) is 4.28. The molecule has 21 heavy (non-hydrogen) atoms. The molecule has 2 N–H and O–H groups in total. The fraction of sp³-hybridized carbons (Fsp3) is 0.533. The lowest BCUT2D eigenvalue weighted by Crippen LogP contribution is -2.34. The van der Waals surface area contributed by atoms with Crippen molar-refractivity contribution >= 4 is 17.3 Å². The molecule has 0 radical (unpaired) electrons. The quantitative estimate of drug-likeness (QED) is 0.597. The first-order valence-electron chi connectivity index (χ1n) is 7.11. The van der Waals surface area contributed by atoms with Crippen LogP contribution in [0.4, 0.5) is 11.4 Å². The molecule has 0 aromatic heterocycles. The van der Waals surface area contributed by atoms with Crippen LogP contribution in [0, 0.1) is 15.5 Å². The third-order valence-electron chi connectivity index (χ3n) is 3.51. The fourth-order valence-corrected chi connectivity index (χ4v) is 1.72. The van der Waals surface area contributed by atoms with Crippen molar-refractivity contribution in [1.82, 2.24) is 5.32 Å². The van der Waals surface area contributed by atoms with E-state index in [4.69, 9.17) is 0 Å². The Bertz CT molecular complexity index is 527. The minimum absolute atomic E-state index is 0.00524. The maximum Gasteiger partial charge on any atom is 0.270 e. The van der Waals surface area contributed by atoms with Gasteiger partial charge in [0.1, 0.15) is 0 Å². The predicted octanol–water partition coefficient (Wildman–Crippen LogP) is 3.19. The molecule has 1 aromatic rings. The van der Waals surface area contributed by atoms with Crippen LogP contribution < -0.4 is 10.6 Å². The Kier molecular flexibility index (Phi) is 5.69. The van der Waals surface area contributed by atoms with Crippen LogP contribution in [-0.4, -0.2) is 23.9 Å². The summed E-state index contributed by atoms with van der Waals surface area (Å²) < 4.78 is 0. The lowest BCUT2D eigenvalue weighted by molar-refractivity contribution is -0.384. The van der Waals surface area contributed by atoms with Gasteiger partial charge in [-0.25, -0.2) is 0 Å². The molecule has 0 bridgehead atoms. The van der Waals surface area contributed by atoms with Gasteiger partial charge in [0.05, 0.1) is 10.5 Å². The summed E-state index contributed by atoms with van der Waals surface area (Å²) >= 11 is 0. The van der Waals surface area contributed by atoms with Gasteiger partial charge in [-0.05, 0) is 24.8 Å². The molecule has 116 valence electrons. The van der Waals surface area contributed by atoms with E-state index >= 15 is 0 Å². The number of hydrogen-bond donors (Lipinski definition) is 2. The van der Waals surface area contributed by atoms with Gasteiger partial charge in [-0.2, -0.15) is 0 Å². The van der Waals surface area contributed by atoms with Crippen LogP contribution in [0.15, 0.2) is 18.2 Å². The van der Waals surface area contributed by atoms with Gasteiger partial charge in [-0.3, -0.25) is 14.9 Å². The van der Waals surface area contributed by atoms with Crippen molar-refractivity contribution < 1.29 is 9.72 Å². The van der Waals surface area contributed by atoms with E-state index in [2.05, 4.69) is 31.4 Å². The van der Waals surface area contributed by atoms with E-state index in [0.717, 1.165) is 6.42 Å². The van der Waals surface area contributed by atoms with Crippen LogP contribution in [0.1, 0.15) is 44.5 Å². The number of carbonyl (C=O) groups is 1. The second-order valence-corrected chi connectivity index (χ2v) is 5.72. The second-order valence-electron chi connectivity index (χ2n) is 5.72. The lowest BCUT2D eigenvalue weighted by atomic mass is 9.90. The SMILES string of the molecule is CCNc1ccc([N+](=O)[O-])cc1C(=O)NCC(C)(C)CC. The molecule has 1 rings (SSSR count). The Hall–Kier alpha value is -2.11. The number of carbonyl (C=O) groups excluding carboxylic acids is 1. The van der Waals surface area contributed by atoms with Crippen LogP contribution in [0.2, 0.25) is 0 Å². The Morgan fingerprint density at radius 3 is 2.52 bits per heavy atom. The Balaban J connectivity index is 2.99. The van der Waals surface area contributed by atoms with Crippen LogP contribution >= 0.6 is 0 Å². The summed E-state index contributed by atoms with van der Waals surface area (Å²) in [5.74, 6) is -0.295. The highest BCUT2D eigenvalue weighted by Gasteiger charge is 2.20. The number of nitrogens with one attached hydrogen (secondary N) is 2. The van der Waals surface area contributed by atoms with E-state index in [1.807, 2.05) is 6.92 Å². The zero-order chi connectivity index (χ0) is 16.0. The molecule has 0 saturated heterocycles. The summed E-state index contributed by atoms with van der Waals surface area (Å²) in [5, 5.41) is 16.8. The molecule has 6 heteroatoms. The summed E-state index contributed by atoms with van der Waals surface area (Å²) in [7, 11) is 0. The predicted molar refractivity (Wildman–Crippen MR) is 83.7 cm³/mol. The number of nitrogens with zero attached hydrogens (tertiary/aromatic N) is 1. The fourth-order valence-electron chi connectivity index (χ4n) is 1.72. The van der Waals surface area contributed by atoms with Gasteiger partial charge in [0.2, 0.25) is 0 Å². The monoisotopic (exact) mass is 293 g/mol. The van der Waals surface area contributed by atoms with Crippen molar-refractivity contribution in [3.8, 4) is 0 Å². The van der Waals surface area contributed by atoms with Crippen molar-refractivity contribution in [1.29, 1.82) is 0 Å². The molecular formula is C15H23N3O3. The van der Waals surface area contributed by atoms with Gasteiger partial charge in [-0.15, -0.1) is 0 Å². The standard InChI is InChI=1S/C15H23N3O3/c1-5-15(3,4)10-17-14(19)12-9-11(18(20)21)7-8-13(12)16-6-2/h7-9,16H,5-6,10H2,1-4H3,(H,17,19). The summed E-state index contributed by atoms with van der Waals surface area (Å²) in [5.41, 5.74) is 0.818. The molecule has 0 aliphatic heterocycles. The van der Waals surface area contributed by atoms with Crippen LogP contribution in [0.3, 0.4) is 0 Å². The van der Waals surface area contributed by atoms with E-state index in [0.29, 0.717) is 24.3 Å². The van der Waals surface area contributed by atoms with Gasteiger partial charge >= 0.3 is 0 Å². The average molecular weight is 293 g/mol. The Morgan fingerprint density at radius 1 is 1.33 bits per heavy atom. The van der Waals surface area contributed by atoms with Crippen LogP contribution in [0.5, 0.6) is 0 Å². The number of nitro groups is 1. The summed E-state index contributed by atoms with van der Waals surface area (Å²) in [6.07, 6.45) is 0.933. The number of anilines is 1. The number of amides is 1. The minimum atomic E-state index is -0.498. The second kappa shape index (κ2) is 7.06. The molecule has 1 aromatic carbocycles. The van der Waals surface area contributed by atoms with E-state index in [1.165, 1.54) is 12.1 Å². The van der Waals surface area contributed by atoms with Gasteiger partial charge in [0, 0.05) is 30.9 Å². The summed E-state index contributed by atoms with van der Waals surface area (Å²) in [4.78, 5) is 22.7. The van der Waals surface area contributed by atoms with Gasteiger partial charge < -0.3 is 10.6 Å².